The van der Waals surface area contributed by atoms with Crippen LogP contribution >= 0.6 is 11.8 Å². The molecule has 0 unspecified atom stereocenters. The predicted octanol–water partition coefficient (Wildman–Crippen LogP) is 6.30. The van der Waals surface area contributed by atoms with E-state index in [9.17, 15) is 14.7 Å². The maximum Gasteiger partial charge on any atom is 0.341 e. The van der Waals surface area contributed by atoms with E-state index in [0.29, 0.717) is 18.8 Å². The van der Waals surface area contributed by atoms with Crippen molar-refractivity contribution in [3.8, 4) is 5.75 Å². The largest absolute Gasteiger partial charge is 0.481 e. The summed E-state index contributed by atoms with van der Waals surface area (Å²) in [6, 6.07) is 26.1. The molecule has 0 fully saturated rings. The van der Waals surface area contributed by atoms with Gasteiger partial charge in [-0.15, -0.1) is 11.8 Å². The van der Waals surface area contributed by atoms with Gasteiger partial charge in [-0.05, 0) is 55.2 Å². The molecule has 5 nitrogen and oxygen atoms in total. The lowest BCUT2D eigenvalue weighted by Crippen LogP contribution is -2.28. The van der Waals surface area contributed by atoms with E-state index in [2.05, 4.69) is 24.3 Å². The molecule has 35 heavy (non-hydrogen) atoms. The zero-order valence-electron chi connectivity index (χ0n) is 20.3. The van der Waals surface area contributed by atoms with Crippen LogP contribution in [0.1, 0.15) is 42.7 Å². The Morgan fingerprint density at radius 3 is 2.03 bits per heavy atom. The first-order chi connectivity index (χ1) is 16.9. The van der Waals surface area contributed by atoms with E-state index in [1.807, 2.05) is 75.4 Å². The molecule has 0 heterocycles. The van der Waals surface area contributed by atoms with Crippen molar-refractivity contribution in [3.05, 3.63) is 102 Å². The molecule has 0 saturated heterocycles. The van der Waals surface area contributed by atoms with E-state index in [1.165, 1.54) is 0 Å². The highest BCUT2D eigenvalue weighted by Crippen LogP contribution is 2.44. The number of carbonyl (C=O) groups excluding carboxylic acids is 1. The van der Waals surface area contributed by atoms with E-state index in [0.717, 1.165) is 27.2 Å². The lowest BCUT2D eigenvalue weighted by atomic mass is 10.0. The molecule has 3 aromatic rings. The summed E-state index contributed by atoms with van der Waals surface area (Å²) >= 11 is 1.61. The van der Waals surface area contributed by atoms with Crippen molar-refractivity contribution < 1.29 is 19.4 Å². The van der Waals surface area contributed by atoms with Gasteiger partial charge in [0.15, 0.2) is 6.61 Å². The van der Waals surface area contributed by atoms with Gasteiger partial charge in [-0.2, -0.15) is 0 Å². The number of hydrogen-bond donors (Lipinski definition) is 1. The van der Waals surface area contributed by atoms with Crippen molar-refractivity contribution in [3.63, 3.8) is 0 Å². The third-order valence-corrected chi connectivity index (χ3v) is 6.99. The molecule has 0 spiro atoms. The van der Waals surface area contributed by atoms with E-state index in [1.54, 1.807) is 22.7 Å². The summed E-state index contributed by atoms with van der Waals surface area (Å²) < 4.78 is 5.71. The van der Waals surface area contributed by atoms with Crippen LogP contribution in [0.15, 0.2) is 89.8 Å². The first-order valence-electron chi connectivity index (χ1n) is 11.7. The third kappa shape index (κ3) is 7.23. The lowest BCUT2D eigenvalue weighted by Gasteiger charge is -2.20. The van der Waals surface area contributed by atoms with Crippen LogP contribution in [0.5, 0.6) is 5.75 Å². The maximum atomic E-state index is 12.6. The Morgan fingerprint density at radius 2 is 1.51 bits per heavy atom. The van der Waals surface area contributed by atoms with Crippen molar-refractivity contribution in [2.75, 3.05) is 19.7 Å². The number of likely N-dealkylation sites (N-methyl/N-ethyl adjacent to an activating group) is 1. The van der Waals surface area contributed by atoms with Gasteiger partial charge in [0.25, 0.3) is 0 Å². The van der Waals surface area contributed by atoms with Gasteiger partial charge in [-0.1, -0.05) is 66.7 Å². The molecule has 3 aromatic carbocycles. The first-order valence-corrected chi connectivity index (χ1v) is 12.5. The Morgan fingerprint density at radius 1 is 0.943 bits per heavy atom. The Labute approximate surface area is 211 Å². The summed E-state index contributed by atoms with van der Waals surface area (Å²) in [4.78, 5) is 26.4. The molecule has 3 rings (SSSR count). The van der Waals surface area contributed by atoms with Crippen LogP contribution < -0.4 is 4.74 Å². The highest BCUT2D eigenvalue weighted by atomic mass is 32.2. The molecule has 0 aromatic heterocycles. The van der Waals surface area contributed by atoms with Crippen LogP contribution in [0.25, 0.3) is 5.57 Å². The monoisotopic (exact) mass is 489 g/mol. The minimum atomic E-state index is -1.04. The molecule has 0 atom stereocenters. The molecule has 1 amide bonds. The topological polar surface area (TPSA) is 66.8 Å². The van der Waals surface area contributed by atoms with Crippen LogP contribution in [-0.4, -0.2) is 41.6 Å². The first kappa shape index (κ1) is 26.1. The van der Waals surface area contributed by atoms with Crippen molar-refractivity contribution in [2.45, 2.75) is 30.9 Å². The Hall–Kier alpha value is -3.51. The van der Waals surface area contributed by atoms with Crippen molar-refractivity contribution in [1.82, 2.24) is 4.90 Å². The molecule has 6 heteroatoms. The SMILES string of the molecule is CCN(CC)C(=O)/C=C(/C)c1ccc(SC(c2ccccc2)c2ccccc2)c(OCC(=O)O)c1. The lowest BCUT2D eigenvalue weighted by molar-refractivity contribution is -0.139. The van der Waals surface area contributed by atoms with Gasteiger partial charge in [0, 0.05) is 19.2 Å². The number of allylic oxidation sites excluding steroid dienone is 1. The van der Waals surface area contributed by atoms with Gasteiger partial charge >= 0.3 is 5.97 Å². The number of aliphatic carboxylic acids is 1. The Kier molecular flexibility index (Phi) is 9.56. The van der Waals surface area contributed by atoms with Gasteiger partial charge in [0.05, 0.1) is 10.1 Å². The molecule has 0 aliphatic heterocycles. The van der Waals surface area contributed by atoms with Gasteiger partial charge in [0.1, 0.15) is 5.75 Å². The molecule has 0 aliphatic carbocycles. The summed E-state index contributed by atoms with van der Waals surface area (Å²) in [5, 5.41) is 9.22. The fourth-order valence-corrected chi connectivity index (χ4v) is 4.93. The number of hydrogen-bond acceptors (Lipinski definition) is 4. The summed E-state index contributed by atoms with van der Waals surface area (Å²) in [6.45, 7) is 6.61. The number of carbonyl (C=O) groups is 2. The number of carboxylic acid groups (broad SMARTS) is 1. The standard InChI is InChI=1S/C29H31NO4S/c1-4-30(5-2)27(31)18-21(3)24-16-17-26(25(19-24)34-20-28(32)33)35-29(22-12-8-6-9-13-22)23-14-10-7-11-15-23/h6-19,29H,4-5,20H2,1-3H3,(H,32,33)/b21-18-. The molecule has 0 saturated carbocycles. The molecular formula is C29H31NO4S. The number of rotatable bonds is 11. The average molecular weight is 490 g/mol. The highest BCUT2D eigenvalue weighted by Gasteiger charge is 2.19. The summed E-state index contributed by atoms with van der Waals surface area (Å²) in [6.07, 6.45) is 1.62. The maximum absolute atomic E-state index is 12.6. The van der Waals surface area contributed by atoms with E-state index >= 15 is 0 Å². The number of thioether (sulfide) groups is 1. The fourth-order valence-electron chi connectivity index (χ4n) is 3.71. The summed E-state index contributed by atoms with van der Waals surface area (Å²) in [5.74, 6) is -0.611. The molecule has 182 valence electrons. The molecule has 0 aliphatic rings. The fraction of sp³-hybridized carbons (Fsp3) is 0.241. The molecule has 0 bridgehead atoms. The van der Waals surface area contributed by atoms with Crippen LogP contribution in [-0.2, 0) is 9.59 Å². The Bertz CT molecular complexity index is 1120. The van der Waals surface area contributed by atoms with Crippen molar-refractivity contribution >= 4 is 29.2 Å². The van der Waals surface area contributed by atoms with Crippen LogP contribution in [0.4, 0.5) is 0 Å². The molecular weight excluding hydrogens is 458 g/mol. The van der Waals surface area contributed by atoms with E-state index in [4.69, 9.17) is 4.74 Å². The predicted molar refractivity (Wildman–Crippen MR) is 142 cm³/mol. The minimum Gasteiger partial charge on any atom is -0.481 e. The summed E-state index contributed by atoms with van der Waals surface area (Å²) in [7, 11) is 0. The van der Waals surface area contributed by atoms with Gasteiger partial charge < -0.3 is 14.7 Å². The summed E-state index contributed by atoms with van der Waals surface area (Å²) in [5.41, 5.74) is 3.88. The van der Waals surface area contributed by atoms with Crippen LogP contribution in [0.3, 0.4) is 0 Å². The normalized spacial score (nSPS) is 11.4. The van der Waals surface area contributed by atoms with E-state index in [-0.39, 0.29) is 11.2 Å². The number of ether oxygens (including phenoxy) is 1. The quantitative estimate of drug-likeness (QED) is 0.253. The zero-order valence-corrected chi connectivity index (χ0v) is 21.1. The second kappa shape index (κ2) is 12.8. The molecule has 1 N–H and O–H groups in total. The number of carboxylic acids is 1. The van der Waals surface area contributed by atoms with E-state index < -0.39 is 12.6 Å². The Balaban J connectivity index is 1.98. The van der Waals surface area contributed by atoms with Gasteiger partial charge in [0.2, 0.25) is 5.91 Å². The smallest absolute Gasteiger partial charge is 0.341 e. The number of benzene rings is 3. The van der Waals surface area contributed by atoms with Gasteiger partial charge in [-0.25, -0.2) is 4.79 Å². The second-order valence-corrected chi connectivity index (χ2v) is 9.15. The third-order valence-electron chi connectivity index (χ3n) is 5.61. The zero-order chi connectivity index (χ0) is 25.2. The highest BCUT2D eigenvalue weighted by molar-refractivity contribution is 7.99. The number of amides is 1. The second-order valence-electron chi connectivity index (χ2n) is 8.00. The number of nitrogens with zero attached hydrogens (tertiary/aromatic N) is 1. The van der Waals surface area contributed by atoms with Gasteiger partial charge in [-0.3, -0.25) is 4.79 Å². The van der Waals surface area contributed by atoms with Crippen LogP contribution in [0.2, 0.25) is 0 Å². The van der Waals surface area contributed by atoms with Crippen molar-refractivity contribution in [2.24, 2.45) is 0 Å². The average Bonchev–Trinajstić information content (AvgIpc) is 2.88. The minimum absolute atomic E-state index is 0.00342. The van der Waals surface area contributed by atoms with Crippen molar-refractivity contribution in [1.29, 1.82) is 0 Å². The molecule has 0 radical (unpaired) electrons. The van der Waals surface area contributed by atoms with Crippen LogP contribution in [0, 0.1) is 0 Å².